The zero-order chi connectivity index (χ0) is 26.1. The molecular weight excluding hydrogens is 524 g/mol. The maximum Gasteiger partial charge on any atom is 0.360 e. The minimum Gasteiger partial charge on any atom is -0.346 e. The van der Waals surface area contributed by atoms with E-state index in [4.69, 9.17) is 0 Å². The first kappa shape index (κ1) is 26.3. The Bertz CT molecular complexity index is 1490. The van der Waals surface area contributed by atoms with E-state index in [-0.39, 0.29) is 23.8 Å². The number of aromatic nitrogens is 2. The maximum absolute atomic E-state index is 12.8. The highest BCUT2D eigenvalue weighted by Crippen LogP contribution is 2.59. The first-order chi connectivity index (χ1) is 17.0. The summed E-state index contributed by atoms with van der Waals surface area (Å²) in [7, 11) is -10.5. The number of nitrogens with zero attached hydrogens (tertiary/aromatic N) is 2. The van der Waals surface area contributed by atoms with Crippen molar-refractivity contribution in [3.63, 3.8) is 0 Å². The van der Waals surface area contributed by atoms with Gasteiger partial charge in [-0.15, -0.1) is 11.3 Å². The van der Waals surface area contributed by atoms with E-state index in [2.05, 4.69) is 15.3 Å². The molecule has 5 N–H and O–H groups in total. The molecule has 0 amide bonds. The van der Waals surface area contributed by atoms with Crippen molar-refractivity contribution in [2.45, 2.75) is 25.3 Å². The normalized spacial score (nSPS) is 12.3. The fourth-order valence-electron chi connectivity index (χ4n) is 3.62. The number of anilines is 1. The molecule has 0 radical (unpaired) electrons. The Balaban J connectivity index is 1.67. The van der Waals surface area contributed by atoms with Gasteiger partial charge in [-0.1, -0.05) is 49.4 Å². The van der Waals surface area contributed by atoms with E-state index in [0.717, 1.165) is 12.0 Å². The summed E-state index contributed by atoms with van der Waals surface area (Å²) < 4.78 is 23.6. The van der Waals surface area contributed by atoms with Crippen LogP contribution in [0.2, 0.25) is 0 Å². The molecule has 0 aliphatic heterocycles. The Morgan fingerprint density at radius 3 is 2.31 bits per heavy atom. The molecule has 2 aromatic carbocycles. The highest BCUT2D eigenvalue weighted by molar-refractivity contribution is 7.71. The van der Waals surface area contributed by atoms with Crippen molar-refractivity contribution < 1.29 is 33.5 Å². The summed E-state index contributed by atoms with van der Waals surface area (Å²) in [5.41, 5.74) is 0.521. The van der Waals surface area contributed by atoms with Gasteiger partial charge in [0.05, 0.1) is 5.39 Å². The zero-order valence-corrected chi connectivity index (χ0v) is 21.6. The van der Waals surface area contributed by atoms with E-state index in [1.165, 1.54) is 11.3 Å². The molecule has 0 aliphatic carbocycles. The number of ketones is 1. The highest BCUT2D eigenvalue weighted by Gasteiger charge is 2.44. The predicted octanol–water partition coefficient (Wildman–Crippen LogP) is 4.40. The summed E-state index contributed by atoms with van der Waals surface area (Å²) in [6.07, 6.45) is 1.02. The van der Waals surface area contributed by atoms with E-state index in [0.29, 0.717) is 26.9 Å². The third kappa shape index (κ3) is 5.96. The number of hydrogen-bond donors (Lipinski definition) is 5. The first-order valence-electron chi connectivity index (χ1n) is 10.8. The van der Waals surface area contributed by atoms with Crippen molar-refractivity contribution in [3.8, 4) is 11.4 Å². The minimum atomic E-state index is -5.24. The molecule has 13 heteroatoms. The van der Waals surface area contributed by atoms with E-state index < -0.39 is 20.7 Å². The van der Waals surface area contributed by atoms with Gasteiger partial charge in [-0.3, -0.25) is 13.9 Å². The topological polar surface area (TPSA) is 170 Å². The lowest BCUT2D eigenvalue weighted by Gasteiger charge is -2.21. The molecule has 0 saturated heterocycles. The summed E-state index contributed by atoms with van der Waals surface area (Å²) in [5.74, 6) is -0.00692. The third-order valence-corrected chi connectivity index (χ3v) is 9.61. The minimum absolute atomic E-state index is 0.0575. The third-order valence-electron chi connectivity index (χ3n) is 5.46. The summed E-state index contributed by atoms with van der Waals surface area (Å²) in [6, 6.07) is 16.0. The number of rotatable bonds is 9. The van der Waals surface area contributed by atoms with Crippen LogP contribution in [0.3, 0.4) is 0 Å². The number of thiophene rings is 1. The van der Waals surface area contributed by atoms with Gasteiger partial charge in [0.1, 0.15) is 10.6 Å². The summed E-state index contributed by atoms with van der Waals surface area (Å²) in [5, 5.41) is 4.29. The number of carbonyl (C=O) groups is 1. The van der Waals surface area contributed by atoms with Crippen LogP contribution in [-0.2, 0) is 22.0 Å². The number of Topliss-reactive ketones (excluding diaryl/α,β-unsaturated/α-hetero) is 1. The lowest BCUT2D eigenvalue weighted by molar-refractivity contribution is 0.0993. The van der Waals surface area contributed by atoms with Gasteiger partial charge in [0.2, 0.25) is 5.52 Å². The molecule has 4 aromatic rings. The molecule has 0 saturated carbocycles. The summed E-state index contributed by atoms with van der Waals surface area (Å²) >= 11 is 1.23. The molecule has 36 heavy (non-hydrogen) atoms. The van der Waals surface area contributed by atoms with Gasteiger partial charge < -0.3 is 24.9 Å². The van der Waals surface area contributed by atoms with Crippen LogP contribution < -0.4 is 5.32 Å². The SMILES string of the molecule is CCc1ccc(C(=O)Cc2cccc(-c3nc(NC(P(=O)(O)O)P(=O)(O)O)c4ccsc4n3)c2)cc1. The van der Waals surface area contributed by atoms with Crippen LogP contribution in [0.1, 0.15) is 28.4 Å². The van der Waals surface area contributed by atoms with Crippen molar-refractivity contribution in [1.29, 1.82) is 0 Å². The zero-order valence-electron chi connectivity index (χ0n) is 19.0. The predicted molar refractivity (Wildman–Crippen MR) is 138 cm³/mol. The Hall–Kier alpha value is -2.75. The van der Waals surface area contributed by atoms with Crippen LogP contribution in [-0.4, -0.2) is 40.8 Å². The van der Waals surface area contributed by atoms with Crippen molar-refractivity contribution in [1.82, 2.24) is 9.97 Å². The number of hydrogen-bond acceptors (Lipinski definition) is 7. The van der Waals surface area contributed by atoms with E-state index in [9.17, 15) is 33.5 Å². The average Bonchev–Trinajstić information content (AvgIpc) is 3.30. The Morgan fingerprint density at radius 2 is 1.67 bits per heavy atom. The van der Waals surface area contributed by atoms with Crippen LogP contribution in [0.5, 0.6) is 0 Å². The lowest BCUT2D eigenvalue weighted by Crippen LogP contribution is -2.21. The second-order valence-electron chi connectivity index (χ2n) is 8.08. The summed E-state index contributed by atoms with van der Waals surface area (Å²) in [4.78, 5) is 60.1. The molecule has 188 valence electrons. The Labute approximate surface area is 210 Å². The monoisotopic (exact) mass is 547 g/mol. The molecule has 10 nitrogen and oxygen atoms in total. The fourth-order valence-corrected chi connectivity index (χ4v) is 6.53. The van der Waals surface area contributed by atoms with Gasteiger partial charge in [0.25, 0.3) is 0 Å². The van der Waals surface area contributed by atoms with Crippen molar-refractivity contribution >= 4 is 48.3 Å². The van der Waals surface area contributed by atoms with Crippen LogP contribution in [0.15, 0.2) is 60.0 Å². The molecule has 0 aliphatic rings. The first-order valence-corrected chi connectivity index (χ1v) is 15.0. The van der Waals surface area contributed by atoms with E-state index in [1.54, 1.807) is 47.8 Å². The van der Waals surface area contributed by atoms with Gasteiger partial charge in [-0.05, 0) is 35.1 Å². The van der Waals surface area contributed by atoms with Crippen LogP contribution in [0.4, 0.5) is 5.82 Å². The molecule has 4 rings (SSSR count). The maximum atomic E-state index is 12.8. The van der Waals surface area contributed by atoms with Gasteiger partial charge in [0, 0.05) is 17.5 Å². The molecule has 2 aromatic heterocycles. The summed E-state index contributed by atoms with van der Waals surface area (Å²) in [6.45, 7) is 2.04. The van der Waals surface area contributed by atoms with Crippen molar-refractivity contribution in [2.24, 2.45) is 0 Å². The molecule has 0 atom stereocenters. The number of nitrogens with one attached hydrogen (secondary N) is 1. The van der Waals surface area contributed by atoms with Crippen molar-refractivity contribution in [2.75, 3.05) is 5.32 Å². The number of fused-ring (bicyclic) bond motifs is 1. The molecule has 0 fully saturated rings. The van der Waals surface area contributed by atoms with Crippen LogP contribution >= 0.6 is 26.5 Å². The Morgan fingerprint density at radius 1 is 0.972 bits per heavy atom. The highest BCUT2D eigenvalue weighted by atomic mass is 32.1. The van der Waals surface area contributed by atoms with Gasteiger partial charge in [-0.2, -0.15) is 0 Å². The van der Waals surface area contributed by atoms with E-state index in [1.807, 2.05) is 19.1 Å². The molecule has 0 unspecified atom stereocenters. The molecule has 0 bridgehead atoms. The Kier molecular flexibility index (Phi) is 7.54. The fraction of sp³-hybridized carbons (Fsp3) is 0.174. The quantitative estimate of drug-likeness (QED) is 0.150. The van der Waals surface area contributed by atoms with Crippen LogP contribution in [0, 0.1) is 0 Å². The number of carbonyl (C=O) groups excluding carboxylic acids is 1. The number of benzene rings is 2. The molecule has 0 spiro atoms. The van der Waals surface area contributed by atoms with Crippen molar-refractivity contribution in [3.05, 3.63) is 76.7 Å². The smallest absolute Gasteiger partial charge is 0.346 e. The van der Waals surface area contributed by atoms with Gasteiger partial charge >= 0.3 is 15.2 Å². The second-order valence-corrected chi connectivity index (χ2v) is 12.8. The molecule has 2 heterocycles. The van der Waals surface area contributed by atoms with Crippen LogP contribution in [0.25, 0.3) is 21.6 Å². The lowest BCUT2D eigenvalue weighted by atomic mass is 10.00. The van der Waals surface area contributed by atoms with E-state index >= 15 is 0 Å². The number of aryl methyl sites for hydroxylation is 1. The standard InChI is InChI=1S/C23H23N3O7P2S/c1-2-14-6-8-16(9-7-14)19(27)13-15-4-3-5-17(12-15)20-24-21(18-10-11-36-22(18)25-20)26-23(34(28,29)30)35(31,32)33/h3-12,23H,2,13H2,1H3,(H,24,25,26)(H2,28,29,30)(H2,31,32,33). The van der Waals surface area contributed by atoms with Gasteiger partial charge in [-0.25, -0.2) is 9.97 Å². The largest absolute Gasteiger partial charge is 0.360 e. The average molecular weight is 547 g/mol. The second kappa shape index (κ2) is 10.3. The molecular formula is C23H23N3O7P2S. The van der Waals surface area contributed by atoms with Gasteiger partial charge in [0.15, 0.2) is 11.6 Å².